The van der Waals surface area contributed by atoms with Crippen molar-refractivity contribution < 1.29 is 14.7 Å². The van der Waals surface area contributed by atoms with Crippen molar-refractivity contribution in [3.05, 3.63) is 33.8 Å². The number of amides is 1. The Morgan fingerprint density at radius 1 is 1.30 bits per heavy atom. The van der Waals surface area contributed by atoms with Crippen LogP contribution in [0, 0.1) is 24.7 Å². The van der Waals surface area contributed by atoms with Gasteiger partial charge in [-0.2, -0.15) is 0 Å². The van der Waals surface area contributed by atoms with Gasteiger partial charge in [0.1, 0.15) is 0 Å². The average Bonchev–Trinajstić information content (AvgIpc) is 3.26. The van der Waals surface area contributed by atoms with Crippen LogP contribution in [0.25, 0.3) is 0 Å². The van der Waals surface area contributed by atoms with Crippen molar-refractivity contribution in [1.29, 1.82) is 0 Å². The molecule has 1 heterocycles. The maximum atomic E-state index is 12.5. The summed E-state index contributed by atoms with van der Waals surface area (Å²) < 4.78 is 1.07. The lowest BCUT2D eigenvalue weighted by Crippen LogP contribution is -2.30. The van der Waals surface area contributed by atoms with E-state index in [1.54, 1.807) is 4.90 Å². The molecule has 1 N–H and O–H groups in total. The van der Waals surface area contributed by atoms with Gasteiger partial charge in [-0.25, -0.2) is 0 Å². The molecule has 1 aliphatic carbocycles. The van der Waals surface area contributed by atoms with E-state index in [9.17, 15) is 14.7 Å². The van der Waals surface area contributed by atoms with Crippen LogP contribution < -0.4 is 0 Å². The van der Waals surface area contributed by atoms with Crippen molar-refractivity contribution in [2.24, 2.45) is 17.8 Å². The second-order valence-electron chi connectivity index (χ2n) is 6.83. The number of carboxylic acids is 1. The van der Waals surface area contributed by atoms with Crippen LogP contribution in [0.5, 0.6) is 0 Å². The summed E-state index contributed by atoms with van der Waals surface area (Å²) in [4.78, 5) is 25.6. The summed E-state index contributed by atoms with van der Waals surface area (Å²) in [7, 11) is 0. The Labute approximate surface area is 145 Å². The highest BCUT2D eigenvalue weighted by Gasteiger charge is 2.46. The predicted octanol–water partition coefficient (Wildman–Crippen LogP) is 3.26. The number of hydrogen-bond donors (Lipinski definition) is 1. The number of halogens is 1. The number of carbonyl (C=O) groups is 2. The molecule has 4 nitrogen and oxygen atoms in total. The standard InChI is InChI=1S/C18H22BrNO3/c1-11-8-12(2-6-16(11)19)3-7-17(21)20-9-14(13-4-5-13)15(10-20)18(22)23/h2,6,8,13-15H,3-5,7,9-10H2,1H3,(H,22,23)/t14-,15+/m1/s1. The molecule has 5 heteroatoms. The van der Waals surface area contributed by atoms with Crippen LogP contribution in [0.1, 0.15) is 30.4 Å². The van der Waals surface area contributed by atoms with Gasteiger partial charge < -0.3 is 10.0 Å². The minimum atomic E-state index is -0.749. The van der Waals surface area contributed by atoms with Crippen molar-refractivity contribution in [2.45, 2.75) is 32.6 Å². The SMILES string of the molecule is Cc1cc(CCC(=O)N2C[C@H](C(=O)O)[C@@H](C3CC3)C2)ccc1Br. The van der Waals surface area contributed by atoms with E-state index in [1.165, 1.54) is 0 Å². The lowest BCUT2D eigenvalue weighted by atomic mass is 9.92. The summed E-state index contributed by atoms with van der Waals surface area (Å²) in [6.07, 6.45) is 3.39. The van der Waals surface area contributed by atoms with Gasteiger partial charge in [0, 0.05) is 24.0 Å². The Balaban J connectivity index is 1.58. The molecule has 1 aromatic carbocycles. The largest absolute Gasteiger partial charge is 0.481 e. The maximum Gasteiger partial charge on any atom is 0.308 e. The third-order valence-corrected chi connectivity index (χ3v) is 6.00. The Morgan fingerprint density at radius 3 is 2.65 bits per heavy atom. The predicted molar refractivity (Wildman–Crippen MR) is 91.1 cm³/mol. The van der Waals surface area contributed by atoms with Crippen LogP contribution in [0.4, 0.5) is 0 Å². The molecule has 2 fully saturated rings. The number of aryl methyl sites for hydroxylation is 2. The smallest absolute Gasteiger partial charge is 0.308 e. The molecule has 1 saturated heterocycles. The fourth-order valence-electron chi connectivity index (χ4n) is 3.57. The lowest BCUT2D eigenvalue weighted by Gasteiger charge is -2.16. The quantitative estimate of drug-likeness (QED) is 0.853. The first-order valence-corrected chi connectivity index (χ1v) is 9.00. The molecule has 2 atom stereocenters. The van der Waals surface area contributed by atoms with Crippen LogP contribution in [0.3, 0.4) is 0 Å². The van der Waals surface area contributed by atoms with Crippen LogP contribution in [-0.2, 0) is 16.0 Å². The summed E-state index contributed by atoms with van der Waals surface area (Å²) >= 11 is 3.48. The van der Waals surface area contributed by atoms with Gasteiger partial charge in [-0.15, -0.1) is 0 Å². The topological polar surface area (TPSA) is 57.6 Å². The normalized spacial score (nSPS) is 24.0. The Bertz CT molecular complexity index is 627. The first kappa shape index (κ1) is 16.5. The second kappa shape index (κ2) is 6.63. The fraction of sp³-hybridized carbons (Fsp3) is 0.556. The number of rotatable bonds is 5. The number of nitrogens with zero attached hydrogens (tertiary/aromatic N) is 1. The molecule has 124 valence electrons. The molecule has 2 aliphatic rings. The van der Waals surface area contributed by atoms with E-state index in [0.29, 0.717) is 31.8 Å². The van der Waals surface area contributed by atoms with Gasteiger partial charge in [-0.1, -0.05) is 28.1 Å². The monoisotopic (exact) mass is 379 g/mol. The molecule has 1 amide bonds. The van der Waals surface area contributed by atoms with E-state index in [0.717, 1.165) is 28.4 Å². The molecule has 0 bridgehead atoms. The molecule has 1 aliphatic heterocycles. The maximum absolute atomic E-state index is 12.5. The number of carbonyl (C=O) groups excluding carboxylic acids is 1. The van der Waals surface area contributed by atoms with Crippen molar-refractivity contribution >= 4 is 27.8 Å². The van der Waals surface area contributed by atoms with Crippen molar-refractivity contribution in [1.82, 2.24) is 4.90 Å². The van der Waals surface area contributed by atoms with E-state index in [1.807, 2.05) is 19.1 Å². The molecule has 0 radical (unpaired) electrons. The minimum absolute atomic E-state index is 0.0833. The molecular weight excluding hydrogens is 358 g/mol. The van der Waals surface area contributed by atoms with Crippen LogP contribution in [0.2, 0.25) is 0 Å². The number of likely N-dealkylation sites (tertiary alicyclic amines) is 1. The zero-order valence-corrected chi connectivity index (χ0v) is 14.9. The Hall–Kier alpha value is -1.36. The zero-order valence-electron chi connectivity index (χ0n) is 13.3. The highest BCUT2D eigenvalue weighted by molar-refractivity contribution is 9.10. The minimum Gasteiger partial charge on any atom is -0.481 e. The van der Waals surface area contributed by atoms with Gasteiger partial charge >= 0.3 is 5.97 Å². The number of benzene rings is 1. The van der Waals surface area contributed by atoms with Gasteiger partial charge in [0.15, 0.2) is 0 Å². The molecule has 23 heavy (non-hydrogen) atoms. The highest BCUT2D eigenvalue weighted by atomic mass is 79.9. The zero-order chi connectivity index (χ0) is 16.6. The van der Waals surface area contributed by atoms with Gasteiger partial charge in [0.2, 0.25) is 5.91 Å². The van der Waals surface area contributed by atoms with Gasteiger partial charge in [-0.3, -0.25) is 9.59 Å². The average molecular weight is 380 g/mol. The number of hydrogen-bond acceptors (Lipinski definition) is 2. The summed E-state index contributed by atoms with van der Waals surface area (Å²) in [5, 5.41) is 9.38. The van der Waals surface area contributed by atoms with E-state index in [-0.39, 0.29) is 17.7 Å². The first-order chi connectivity index (χ1) is 11.0. The molecule has 0 aromatic heterocycles. The van der Waals surface area contributed by atoms with Gasteiger partial charge in [-0.05, 0) is 55.2 Å². The molecule has 1 saturated carbocycles. The highest BCUT2D eigenvalue weighted by Crippen LogP contribution is 2.44. The van der Waals surface area contributed by atoms with Crippen LogP contribution in [-0.4, -0.2) is 35.0 Å². The molecular formula is C18H22BrNO3. The van der Waals surface area contributed by atoms with Crippen molar-refractivity contribution in [2.75, 3.05) is 13.1 Å². The molecule has 1 aromatic rings. The third kappa shape index (κ3) is 3.77. The van der Waals surface area contributed by atoms with E-state index >= 15 is 0 Å². The molecule has 3 rings (SSSR count). The van der Waals surface area contributed by atoms with E-state index in [2.05, 4.69) is 22.0 Å². The van der Waals surface area contributed by atoms with Crippen molar-refractivity contribution in [3.63, 3.8) is 0 Å². The second-order valence-corrected chi connectivity index (χ2v) is 7.68. The summed E-state index contributed by atoms with van der Waals surface area (Å²) in [5.41, 5.74) is 2.31. The van der Waals surface area contributed by atoms with Gasteiger partial charge in [0.25, 0.3) is 0 Å². The van der Waals surface area contributed by atoms with Crippen LogP contribution >= 0.6 is 15.9 Å². The summed E-state index contributed by atoms with van der Waals surface area (Å²) in [5.74, 6) is -0.364. The lowest BCUT2D eigenvalue weighted by molar-refractivity contribution is -0.142. The number of carboxylic acid groups (broad SMARTS) is 1. The fourth-order valence-corrected chi connectivity index (χ4v) is 3.81. The number of aliphatic carboxylic acids is 1. The van der Waals surface area contributed by atoms with Crippen LogP contribution in [0.15, 0.2) is 22.7 Å². The van der Waals surface area contributed by atoms with Crippen molar-refractivity contribution in [3.8, 4) is 0 Å². The van der Waals surface area contributed by atoms with E-state index < -0.39 is 5.97 Å². The van der Waals surface area contributed by atoms with E-state index in [4.69, 9.17) is 0 Å². The Morgan fingerprint density at radius 2 is 2.04 bits per heavy atom. The summed E-state index contributed by atoms with van der Waals surface area (Å²) in [6.45, 7) is 3.04. The van der Waals surface area contributed by atoms with Gasteiger partial charge in [0.05, 0.1) is 5.92 Å². The molecule has 0 unspecified atom stereocenters. The Kier molecular flexibility index (Phi) is 4.76. The first-order valence-electron chi connectivity index (χ1n) is 8.21. The summed E-state index contributed by atoms with van der Waals surface area (Å²) in [6, 6.07) is 6.13. The molecule has 0 spiro atoms. The third-order valence-electron chi connectivity index (χ3n) is 5.11.